The smallest absolute Gasteiger partial charge is 0.0568 e. The number of hydrogen-bond donors (Lipinski definition) is 0. The second-order valence-electron chi connectivity index (χ2n) is 6.18. The van der Waals surface area contributed by atoms with E-state index in [1.165, 1.54) is 36.8 Å². The number of unbranched alkanes of at least 4 members (excludes halogenated alkanes) is 2. The molecule has 2 heteroatoms. The standard InChI is InChI=1S/C22H28N2/c1-3-5-6-8-20-11-15-22(16-12-20)18-24-23-17-21-13-9-19(7-4-2)10-14-21/h9-18H,3-8H2,1-2H3. The molecule has 0 atom stereocenters. The van der Waals surface area contributed by atoms with Gasteiger partial charge in [0.15, 0.2) is 0 Å². The highest BCUT2D eigenvalue weighted by molar-refractivity contribution is 5.82. The molecule has 0 bridgehead atoms. The van der Waals surface area contributed by atoms with Gasteiger partial charge in [0.2, 0.25) is 0 Å². The Morgan fingerprint density at radius 1 is 0.625 bits per heavy atom. The minimum Gasteiger partial charge on any atom is -0.159 e. The van der Waals surface area contributed by atoms with Crippen LogP contribution in [0.4, 0.5) is 0 Å². The second kappa shape index (κ2) is 10.5. The molecule has 126 valence electrons. The quantitative estimate of drug-likeness (QED) is 0.316. The highest BCUT2D eigenvalue weighted by atomic mass is 15.2. The summed E-state index contributed by atoms with van der Waals surface area (Å²) in [6, 6.07) is 17.1. The van der Waals surface area contributed by atoms with Crippen molar-refractivity contribution in [3.63, 3.8) is 0 Å². The predicted octanol–water partition coefficient (Wildman–Crippen LogP) is 5.82. The van der Waals surface area contributed by atoms with Crippen molar-refractivity contribution in [3.05, 3.63) is 70.8 Å². The summed E-state index contributed by atoms with van der Waals surface area (Å²) in [6.07, 6.45) is 10.9. The maximum absolute atomic E-state index is 4.15. The molecule has 0 fully saturated rings. The van der Waals surface area contributed by atoms with Gasteiger partial charge >= 0.3 is 0 Å². The van der Waals surface area contributed by atoms with Gasteiger partial charge in [-0.2, -0.15) is 10.2 Å². The van der Waals surface area contributed by atoms with Crippen molar-refractivity contribution >= 4 is 12.4 Å². The summed E-state index contributed by atoms with van der Waals surface area (Å²) in [5, 5.41) is 8.29. The lowest BCUT2D eigenvalue weighted by Crippen LogP contribution is -1.87. The number of aryl methyl sites for hydroxylation is 2. The molecule has 0 amide bonds. The lowest BCUT2D eigenvalue weighted by molar-refractivity contribution is 0.717. The molecule has 0 aliphatic rings. The summed E-state index contributed by atoms with van der Waals surface area (Å²) in [4.78, 5) is 0. The monoisotopic (exact) mass is 320 g/mol. The highest BCUT2D eigenvalue weighted by Gasteiger charge is 1.94. The molecule has 24 heavy (non-hydrogen) atoms. The van der Waals surface area contributed by atoms with Crippen LogP contribution in [0, 0.1) is 0 Å². The van der Waals surface area contributed by atoms with Crippen LogP contribution in [0.3, 0.4) is 0 Å². The molecule has 2 aromatic rings. The maximum Gasteiger partial charge on any atom is 0.0568 e. The van der Waals surface area contributed by atoms with E-state index >= 15 is 0 Å². The fourth-order valence-electron chi connectivity index (χ4n) is 2.61. The van der Waals surface area contributed by atoms with Crippen molar-refractivity contribution in [2.24, 2.45) is 10.2 Å². The van der Waals surface area contributed by atoms with E-state index in [9.17, 15) is 0 Å². The summed E-state index contributed by atoms with van der Waals surface area (Å²) in [5.74, 6) is 0. The summed E-state index contributed by atoms with van der Waals surface area (Å²) < 4.78 is 0. The van der Waals surface area contributed by atoms with Crippen LogP contribution >= 0.6 is 0 Å². The molecular weight excluding hydrogens is 292 g/mol. The highest BCUT2D eigenvalue weighted by Crippen LogP contribution is 2.08. The summed E-state index contributed by atoms with van der Waals surface area (Å²) in [5.41, 5.74) is 4.94. The predicted molar refractivity (Wildman–Crippen MR) is 105 cm³/mol. The Balaban J connectivity index is 1.84. The number of hydrogen-bond acceptors (Lipinski definition) is 2. The van der Waals surface area contributed by atoms with Crippen LogP contribution < -0.4 is 0 Å². The van der Waals surface area contributed by atoms with E-state index < -0.39 is 0 Å². The van der Waals surface area contributed by atoms with Gasteiger partial charge < -0.3 is 0 Å². The Morgan fingerprint density at radius 3 is 1.58 bits per heavy atom. The van der Waals surface area contributed by atoms with Crippen molar-refractivity contribution < 1.29 is 0 Å². The van der Waals surface area contributed by atoms with Crippen molar-refractivity contribution in [1.29, 1.82) is 0 Å². The second-order valence-corrected chi connectivity index (χ2v) is 6.18. The molecule has 0 N–H and O–H groups in total. The molecule has 0 aliphatic heterocycles. The Kier molecular flexibility index (Phi) is 7.96. The minimum atomic E-state index is 1.08. The van der Waals surface area contributed by atoms with Crippen LogP contribution in [0.2, 0.25) is 0 Å². The first kappa shape index (κ1) is 18.1. The van der Waals surface area contributed by atoms with E-state index in [0.717, 1.165) is 24.0 Å². The Labute approximate surface area is 146 Å². The zero-order valence-corrected chi connectivity index (χ0v) is 14.9. The number of benzene rings is 2. The molecule has 2 rings (SSSR count). The van der Waals surface area contributed by atoms with E-state index in [1.54, 1.807) is 12.4 Å². The number of nitrogens with zero attached hydrogens (tertiary/aromatic N) is 2. The molecule has 0 unspecified atom stereocenters. The van der Waals surface area contributed by atoms with Crippen LogP contribution in [-0.2, 0) is 12.8 Å². The molecule has 0 heterocycles. The maximum atomic E-state index is 4.15. The van der Waals surface area contributed by atoms with Gasteiger partial charge in [-0.15, -0.1) is 0 Å². The fraction of sp³-hybridized carbons (Fsp3) is 0.364. The van der Waals surface area contributed by atoms with Gasteiger partial charge in [-0.3, -0.25) is 0 Å². The van der Waals surface area contributed by atoms with Gasteiger partial charge in [-0.25, -0.2) is 0 Å². The van der Waals surface area contributed by atoms with Crippen LogP contribution in [-0.4, -0.2) is 12.4 Å². The Morgan fingerprint density at radius 2 is 1.12 bits per heavy atom. The van der Waals surface area contributed by atoms with Crippen LogP contribution in [0.25, 0.3) is 0 Å². The van der Waals surface area contributed by atoms with Crippen LogP contribution in [0.5, 0.6) is 0 Å². The third-order valence-electron chi connectivity index (χ3n) is 4.05. The largest absolute Gasteiger partial charge is 0.159 e. The molecule has 0 radical (unpaired) electrons. The fourth-order valence-corrected chi connectivity index (χ4v) is 2.61. The van der Waals surface area contributed by atoms with Crippen molar-refractivity contribution in [2.45, 2.75) is 52.4 Å². The van der Waals surface area contributed by atoms with Crippen LogP contribution in [0.1, 0.15) is 61.8 Å². The first-order valence-electron chi connectivity index (χ1n) is 9.06. The first-order valence-corrected chi connectivity index (χ1v) is 9.06. The molecule has 0 spiro atoms. The van der Waals surface area contributed by atoms with Gasteiger partial charge in [0, 0.05) is 0 Å². The molecule has 0 aromatic heterocycles. The molecule has 0 saturated heterocycles. The lowest BCUT2D eigenvalue weighted by Gasteiger charge is -2.00. The van der Waals surface area contributed by atoms with Crippen molar-refractivity contribution in [3.8, 4) is 0 Å². The van der Waals surface area contributed by atoms with Gasteiger partial charge in [-0.1, -0.05) is 81.6 Å². The van der Waals surface area contributed by atoms with E-state index in [4.69, 9.17) is 0 Å². The van der Waals surface area contributed by atoms with Crippen LogP contribution in [0.15, 0.2) is 58.7 Å². The molecule has 2 nitrogen and oxygen atoms in total. The van der Waals surface area contributed by atoms with Crippen molar-refractivity contribution in [2.75, 3.05) is 0 Å². The molecule has 2 aromatic carbocycles. The average molecular weight is 320 g/mol. The normalized spacial score (nSPS) is 11.6. The molecule has 0 saturated carbocycles. The molecular formula is C22H28N2. The van der Waals surface area contributed by atoms with E-state index in [-0.39, 0.29) is 0 Å². The first-order chi connectivity index (χ1) is 11.8. The minimum absolute atomic E-state index is 1.08. The third kappa shape index (κ3) is 6.49. The van der Waals surface area contributed by atoms with E-state index in [1.807, 2.05) is 0 Å². The Hall–Kier alpha value is -2.22. The van der Waals surface area contributed by atoms with Gasteiger partial charge in [-0.05, 0) is 41.5 Å². The Bertz CT molecular complexity index is 637. The summed E-state index contributed by atoms with van der Waals surface area (Å²) >= 11 is 0. The molecule has 0 aliphatic carbocycles. The summed E-state index contributed by atoms with van der Waals surface area (Å²) in [7, 11) is 0. The lowest BCUT2D eigenvalue weighted by atomic mass is 10.1. The van der Waals surface area contributed by atoms with E-state index in [0.29, 0.717) is 0 Å². The third-order valence-corrected chi connectivity index (χ3v) is 4.05. The van der Waals surface area contributed by atoms with Gasteiger partial charge in [0.1, 0.15) is 0 Å². The summed E-state index contributed by atoms with van der Waals surface area (Å²) in [6.45, 7) is 4.43. The van der Waals surface area contributed by atoms with E-state index in [2.05, 4.69) is 72.6 Å². The van der Waals surface area contributed by atoms with Crippen molar-refractivity contribution in [1.82, 2.24) is 0 Å². The topological polar surface area (TPSA) is 24.7 Å². The average Bonchev–Trinajstić information content (AvgIpc) is 2.62. The van der Waals surface area contributed by atoms with Gasteiger partial charge in [0.05, 0.1) is 12.4 Å². The van der Waals surface area contributed by atoms with Gasteiger partial charge in [0.25, 0.3) is 0 Å². The zero-order chi connectivity index (χ0) is 17.0. The SMILES string of the molecule is CCCCCc1ccc(C=NN=Cc2ccc(CCC)cc2)cc1. The number of rotatable bonds is 9. The zero-order valence-electron chi connectivity index (χ0n) is 14.9.